The molecule has 4 N–H and O–H groups in total. The Labute approximate surface area is 181 Å². The number of nitrogens with zero attached hydrogens (tertiary/aromatic N) is 1. The van der Waals surface area contributed by atoms with Crippen molar-refractivity contribution in [3.63, 3.8) is 0 Å². The summed E-state index contributed by atoms with van der Waals surface area (Å²) in [5.74, 6) is 0.630. The molecular formula is C23H28N4O2S. The number of nitrogens with one attached hydrogen (secondary N) is 3. The van der Waals surface area contributed by atoms with Crippen molar-refractivity contribution in [2.45, 2.75) is 32.4 Å². The van der Waals surface area contributed by atoms with Gasteiger partial charge in [0.25, 0.3) is 0 Å². The molecule has 0 saturated carbocycles. The van der Waals surface area contributed by atoms with Crippen molar-refractivity contribution in [1.82, 2.24) is 10.6 Å². The van der Waals surface area contributed by atoms with Crippen LogP contribution in [0.1, 0.15) is 36.3 Å². The third-order valence-corrected chi connectivity index (χ3v) is 5.82. The number of anilines is 1. The number of hydrogen-bond acceptors (Lipinski definition) is 4. The number of amides is 1. The molecule has 30 heavy (non-hydrogen) atoms. The largest absolute Gasteiger partial charge is 0.386 e. The van der Waals surface area contributed by atoms with E-state index >= 15 is 0 Å². The molecule has 0 spiro atoms. The highest BCUT2D eigenvalue weighted by molar-refractivity contribution is 7.19. The number of guanidine groups is 1. The number of aliphatic imine (C=N–C) groups is 1. The molecule has 1 atom stereocenters. The van der Waals surface area contributed by atoms with Crippen LogP contribution < -0.4 is 16.0 Å². The van der Waals surface area contributed by atoms with Gasteiger partial charge in [-0.2, -0.15) is 0 Å². The predicted octanol–water partition coefficient (Wildman–Crippen LogP) is 4.04. The SMILES string of the molecule is CCCC(=O)Nc1cccc(CNC(=NC)NCC(O)c2cc3ccccc3s2)c1. The van der Waals surface area contributed by atoms with Crippen molar-refractivity contribution in [3.8, 4) is 0 Å². The summed E-state index contributed by atoms with van der Waals surface area (Å²) < 4.78 is 1.17. The van der Waals surface area contributed by atoms with Gasteiger partial charge >= 0.3 is 0 Å². The zero-order valence-electron chi connectivity index (χ0n) is 17.3. The van der Waals surface area contributed by atoms with E-state index in [-0.39, 0.29) is 5.91 Å². The maximum absolute atomic E-state index is 11.8. The molecule has 1 unspecified atom stereocenters. The highest BCUT2D eigenvalue weighted by Gasteiger charge is 2.12. The summed E-state index contributed by atoms with van der Waals surface area (Å²) in [6.45, 7) is 2.89. The highest BCUT2D eigenvalue weighted by atomic mass is 32.1. The lowest BCUT2D eigenvalue weighted by atomic mass is 10.2. The smallest absolute Gasteiger partial charge is 0.224 e. The predicted molar refractivity (Wildman–Crippen MR) is 125 cm³/mol. The number of thiophene rings is 1. The molecule has 0 fully saturated rings. The monoisotopic (exact) mass is 424 g/mol. The molecule has 0 radical (unpaired) electrons. The van der Waals surface area contributed by atoms with Crippen LogP contribution in [-0.4, -0.2) is 30.6 Å². The second-order valence-corrected chi connectivity index (χ2v) is 8.12. The molecule has 1 amide bonds. The van der Waals surface area contributed by atoms with Gasteiger partial charge in [0.2, 0.25) is 5.91 Å². The molecule has 158 valence electrons. The average molecular weight is 425 g/mol. The lowest BCUT2D eigenvalue weighted by Crippen LogP contribution is -2.38. The van der Waals surface area contributed by atoms with E-state index in [4.69, 9.17) is 0 Å². The fraction of sp³-hybridized carbons (Fsp3) is 0.304. The number of rotatable bonds is 8. The Kier molecular flexibility index (Phi) is 7.82. The van der Waals surface area contributed by atoms with E-state index in [2.05, 4.69) is 33.1 Å². The molecule has 6 nitrogen and oxygen atoms in total. The van der Waals surface area contributed by atoms with Crippen LogP contribution in [0.4, 0.5) is 5.69 Å². The number of aliphatic hydroxyl groups is 1. The first kappa shape index (κ1) is 21.8. The first-order valence-electron chi connectivity index (χ1n) is 10.1. The van der Waals surface area contributed by atoms with Gasteiger partial charge in [-0.1, -0.05) is 37.3 Å². The fourth-order valence-corrected chi connectivity index (χ4v) is 4.13. The number of benzene rings is 2. The van der Waals surface area contributed by atoms with Crippen molar-refractivity contribution in [2.24, 2.45) is 4.99 Å². The van der Waals surface area contributed by atoms with Crippen LogP contribution in [0.5, 0.6) is 0 Å². The lowest BCUT2D eigenvalue weighted by Gasteiger charge is -2.15. The molecule has 0 aliphatic carbocycles. The summed E-state index contributed by atoms with van der Waals surface area (Å²) in [6.07, 6.45) is 0.724. The summed E-state index contributed by atoms with van der Waals surface area (Å²) in [6, 6.07) is 17.9. The molecule has 3 aromatic rings. The summed E-state index contributed by atoms with van der Waals surface area (Å²) in [5.41, 5.74) is 1.81. The van der Waals surface area contributed by atoms with Gasteiger partial charge in [-0.25, -0.2) is 0 Å². The molecule has 2 aromatic carbocycles. The van der Waals surface area contributed by atoms with Gasteiger partial charge in [-0.15, -0.1) is 11.3 Å². The Morgan fingerprint density at radius 3 is 2.73 bits per heavy atom. The van der Waals surface area contributed by atoms with Gasteiger partial charge in [-0.3, -0.25) is 9.79 Å². The van der Waals surface area contributed by atoms with Gasteiger partial charge in [0.1, 0.15) is 6.10 Å². The van der Waals surface area contributed by atoms with Gasteiger partial charge in [0.05, 0.1) is 0 Å². The summed E-state index contributed by atoms with van der Waals surface area (Å²) in [5, 5.41) is 21.0. The number of carbonyl (C=O) groups excluding carboxylic acids is 1. The second-order valence-electron chi connectivity index (χ2n) is 7.01. The van der Waals surface area contributed by atoms with Gasteiger partial charge in [-0.05, 0) is 41.6 Å². The van der Waals surface area contributed by atoms with E-state index in [0.717, 1.165) is 27.9 Å². The Morgan fingerprint density at radius 2 is 1.97 bits per heavy atom. The Hall–Kier alpha value is -2.90. The minimum absolute atomic E-state index is 0.0234. The average Bonchev–Trinajstić information content (AvgIpc) is 3.18. The molecule has 3 rings (SSSR count). The van der Waals surface area contributed by atoms with Gasteiger partial charge in [0.15, 0.2) is 5.96 Å². The van der Waals surface area contributed by atoms with E-state index in [9.17, 15) is 9.90 Å². The molecule has 1 heterocycles. The molecule has 0 saturated heterocycles. The van der Waals surface area contributed by atoms with E-state index in [1.165, 1.54) is 4.70 Å². The number of carbonyl (C=O) groups is 1. The van der Waals surface area contributed by atoms with Crippen molar-refractivity contribution < 1.29 is 9.90 Å². The van der Waals surface area contributed by atoms with Crippen LogP contribution in [0.2, 0.25) is 0 Å². The summed E-state index contributed by atoms with van der Waals surface area (Å²) >= 11 is 1.60. The second kappa shape index (κ2) is 10.8. The summed E-state index contributed by atoms with van der Waals surface area (Å²) in [4.78, 5) is 16.9. The first-order valence-corrected chi connectivity index (χ1v) is 10.9. The topological polar surface area (TPSA) is 85.8 Å². The standard InChI is InChI=1S/C23H28N4O2S/c1-3-7-22(29)27-18-10-6-8-16(12-18)14-25-23(24-2)26-15-19(28)21-13-17-9-4-5-11-20(17)30-21/h4-6,8-13,19,28H,3,7,14-15H2,1-2H3,(H,27,29)(H2,24,25,26). The van der Waals surface area contributed by atoms with Crippen molar-refractivity contribution >= 4 is 39.0 Å². The summed E-state index contributed by atoms with van der Waals surface area (Å²) in [7, 11) is 1.70. The van der Waals surface area contributed by atoms with Gasteiger partial charge in [0, 0.05) is 41.8 Å². The molecule has 0 aliphatic rings. The third-order valence-electron chi connectivity index (χ3n) is 4.61. The minimum Gasteiger partial charge on any atom is -0.386 e. The Morgan fingerprint density at radius 1 is 1.13 bits per heavy atom. The van der Waals surface area contributed by atoms with Crippen molar-refractivity contribution in [2.75, 3.05) is 18.9 Å². The maximum Gasteiger partial charge on any atom is 0.224 e. The number of aliphatic hydroxyl groups excluding tert-OH is 1. The minimum atomic E-state index is -0.613. The first-order chi connectivity index (χ1) is 14.6. The van der Waals surface area contributed by atoms with Crippen LogP contribution in [0, 0.1) is 0 Å². The molecule has 0 aliphatic heterocycles. The van der Waals surface area contributed by atoms with Crippen LogP contribution in [0.25, 0.3) is 10.1 Å². The van der Waals surface area contributed by atoms with Crippen molar-refractivity contribution in [3.05, 3.63) is 65.0 Å². The van der Waals surface area contributed by atoms with E-state index in [1.807, 2.05) is 49.4 Å². The van der Waals surface area contributed by atoms with Crippen LogP contribution in [0.15, 0.2) is 59.6 Å². The lowest BCUT2D eigenvalue weighted by molar-refractivity contribution is -0.116. The van der Waals surface area contributed by atoms with E-state index in [0.29, 0.717) is 25.5 Å². The Bertz CT molecular complexity index is 982. The van der Waals surface area contributed by atoms with Crippen LogP contribution >= 0.6 is 11.3 Å². The normalized spacial score (nSPS) is 12.6. The van der Waals surface area contributed by atoms with E-state index < -0.39 is 6.10 Å². The van der Waals surface area contributed by atoms with Crippen molar-refractivity contribution in [1.29, 1.82) is 0 Å². The number of hydrogen-bond donors (Lipinski definition) is 4. The molecule has 1 aromatic heterocycles. The van der Waals surface area contributed by atoms with Gasteiger partial charge < -0.3 is 21.1 Å². The number of fused-ring (bicyclic) bond motifs is 1. The maximum atomic E-state index is 11.8. The molecule has 0 bridgehead atoms. The third kappa shape index (κ3) is 6.05. The molecule has 7 heteroatoms. The zero-order chi connectivity index (χ0) is 21.3. The van der Waals surface area contributed by atoms with E-state index in [1.54, 1.807) is 18.4 Å². The highest BCUT2D eigenvalue weighted by Crippen LogP contribution is 2.29. The fourth-order valence-electron chi connectivity index (χ4n) is 3.08. The quantitative estimate of drug-likeness (QED) is 0.325. The van der Waals surface area contributed by atoms with Crippen LogP contribution in [-0.2, 0) is 11.3 Å². The zero-order valence-corrected chi connectivity index (χ0v) is 18.1. The Balaban J connectivity index is 1.51. The molecular weight excluding hydrogens is 396 g/mol. The van der Waals surface area contributed by atoms with Crippen LogP contribution in [0.3, 0.4) is 0 Å².